The molecule has 0 aliphatic rings. The zero-order chi connectivity index (χ0) is 28.8. The zero-order valence-corrected chi connectivity index (χ0v) is 23.7. The van der Waals surface area contributed by atoms with Crippen molar-refractivity contribution in [3.8, 4) is 11.5 Å². The van der Waals surface area contributed by atoms with E-state index >= 15 is 0 Å². The Hall–Kier alpha value is -4.05. The van der Waals surface area contributed by atoms with Gasteiger partial charge in [0.2, 0.25) is 0 Å². The summed E-state index contributed by atoms with van der Waals surface area (Å²) in [5.41, 5.74) is 3.15. The third kappa shape index (κ3) is 12.8. The van der Waals surface area contributed by atoms with E-state index in [1.54, 1.807) is 36.4 Å². The molecule has 0 unspecified atom stereocenters. The molecule has 0 saturated heterocycles. The van der Waals surface area contributed by atoms with Gasteiger partial charge in [-0.15, -0.1) is 0 Å². The van der Waals surface area contributed by atoms with Crippen LogP contribution >= 0.6 is 0 Å². The standard InChI is InChI=1S/C13H16O2.C13H18O.C8H8O/c1-5-10-6-8-11(9-7-10)12(14)15-13(2,3)4;1-5-11-7-9-12(10-8-11)14-13(3,4)6-2;1-2-7-3-5-8(9)6-4-7/h5-9H,1H2,2-4H3;5,7-10H,1,6H2,2-4H3;2-6,9H,1H2. The molecule has 0 radical (unpaired) electrons. The van der Waals surface area contributed by atoms with Gasteiger partial charge >= 0.3 is 5.97 Å². The lowest BCUT2D eigenvalue weighted by Crippen LogP contribution is -2.26. The number of rotatable bonds is 7. The van der Waals surface area contributed by atoms with Gasteiger partial charge in [0.05, 0.1) is 5.56 Å². The number of ether oxygens (including phenoxy) is 2. The second-order valence-corrected chi connectivity index (χ2v) is 10.1. The predicted molar refractivity (Wildman–Crippen MR) is 161 cm³/mol. The van der Waals surface area contributed by atoms with E-state index in [-0.39, 0.29) is 11.6 Å². The molecule has 0 amide bonds. The second kappa shape index (κ2) is 15.3. The number of carbonyl (C=O) groups is 1. The third-order valence-corrected chi connectivity index (χ3v) is 5.27. The maximum atomic E-state index is 11.6. The van der Waals surface area contributed by atoms with Gasteiger partial charge in [0, 0.05) is 0 Å². The van der Waals surface area contributed by atoms with Crippen LogP contribution in [0.5, 0.6) is 11.5 Å². The first-order valence-electron chi connectivity index (χ1n) is 12.6. The molecule has 202 valence electrons. The van der Waals surface area contributed by atoms with Crippen LogP contribution in [-0.2, 0) is 4.74 Å². The van der Waals surface area contributed by atoms with Crippen LogP contribution < -0.4 is 4.74 Å². The van der Waals surface area contributed by atoms with Gasteiger partial charge < -0.3 is 14.6 Å². The lowest BCUT2D eigenvalue weighted by atomic mass is 10.1. The third-order valence-electron chi connectivity index (χ3n) is 5.27. The van der Waals surface area contributed by atoms with Gasteiger partial charge in [-0.3, -0.25) is 0 Å². The molecule has 0 aliphatic carbocycles. The minimum atomic E-state index is -0.450. The van der Waals surface area contributed by atoms with Crippen LogP contribution in [0.15, 0.2) is 92.5 Å². The average molecular weight is 515 g/mol. The number of esters is 1. The molecule has 1 N–H and O–H groups in total. The molecule has 0 fully saturated rings. The number of aromatic hydroxyl groups is 1. The first kappa shape index (κ1) is 32.0. The first-order chi connectivity index (χ1) is 17.8. The summed E-state index contributed by atoms with van der Waals surface area (Å²) in [5, 5.41) is 8.82. The lowest BCUT2D eigenvalue weighted by Gasteiger charge is -2.24. The molecular weight excluding hydrogens is 472 g/mol. The van der Waals surface area contributed by atoms with Crippen LogP contribution in [0.3, 0.4) is 0 Å². The van der Waals surface area contributed by atoms with E-state index in [9.17, 15) is 4.79 Å². The molecule has 0 spiro atoms. The summed E-state index contributed by atoms with van der Waals surface area (Å²) in [6.45, 7) is 22.8. The van der Waals surface area contributed by atoms with Crippen LogP contribution in [-0.4, -0.2) is 22.3 Å². The normalized spacial score (nSPS) is 10.5. The summed E-state index contributed by atoms with van der Waals surface area (Å²) < 4.78 is 11.0. The quantitative estimate of drug-likeness (QED) is 0.319. The highest BCUT2D eigenvalue weighted by atomic mass is 16.6. The van der Waals surface area contributed by atoms with Crippen LogP contribution in [0.25, 0.3) is 18.2 Å². The highest BCUT2D eigenvalue weighted by Gasteiger charge is 2.17. The van der Waals surface area contributed by atoms with Crippen molar-refractivity contribution in [2.45, 2.75) is 59.2 Å². The molecule has 0 aliphatic heterocycles. The first-order valence-corrected chi connectivity index (χ1v) is 12.6. The Kier molecular flexibility index (Phi) is 12.8. The summed E-state index contributed by atoms with van der Waals surface area (Å²) >= 11 is 0. The molecule has 4 heteroatoms. The lowest BCUT2D eigenvalue weighted by molar-refractivity contribution is 0.00694. The Bertz CT molecular complexity index is 1150. The molecule has 3 aromatic carbocycles. The second-order valence-electron chi connectivity index (χ2n) is 10.1. The summed E-state index contributed by atoms with van der Waals surface area (Å²) in [6.07, 6.45) is 6.29. The molecular formula is C34H42O4. The zero-order valence-electron chi connectivity index (χ0n) is 23.7. The highest BCUT2D eigenvalue weighted by Crippen LogP contribution is 2.21. The molecule has 0 saturated carbocycles. The van der Waals surface area contributed by atoms with Crippen molar-refractivity contribution in [2.24, 2.45) is 0 Å². The number of hydrogen-bond acceptors (Lipinski definition) is 4. The molecule has 0 aromatic heterocycles. The summed E-state index contributed by atoms with van der Waals surface area (Å²) in [6, 6.07) is 22.0. The van der Waals surface area contributed by atoms with Gasteiger partial charge in [-0.25, -0.2) is 4.79 Å². The van der Waals surface area contributed by atoms with E-state index in [1.807, 2.05) is 75.4 Å². The topological polar surface area (TPSA) is 55.8 Å². The van der Waals surface area contributed by atoms with Crippen molar-refractivity contribution in [3.63, 3.8) is 0 Å². The number of phenols is 1. The van der Waals surface area contributed by atoms with Crippen molar-refractivity contribution in [1.29, 1.82) is 0 Å². The van der Waals surface area contributed by atoms with Crippen molar-refractivity contribution in [3.05, 3.63) is 115 Å². The number of carbonyl (C=O) groups excluding carboxylic acids is 1. The van der Waals surface area contributed by atoms with Gasteiger partial charge in [-0.1, -0.05) is 81.3 Å². The van der Waals surface area contributed by atoms with Gasteiger partial charge in [0.25, 0.3) is 0 Å². The smallest absolute Gasteiger partial charge is 0.338 e. The maximum Gasteiger partial charge on any atom is 0.338 e. The summed E-state index contributed by atoms with van der Waals surface area (Å²) in [5.74, 6) is 0.918. The Labute approximate surface area is 229 Å². The van der Waals surface area contributed by atoms with E-state index in [2.05, 4.69) is 40.5 Å². The van der Waals surface area contributed by atoms with E-state index < -0.39 is 5.60 Å². The average Bonchev–Trinajstić information content (AvgIpc) is 2.89. The van der Waals surface area contributed by atoms with Gasteiger partial charge in [0.1, 0.15) is 22.7 Å². The summed E-state index contributed by atoms with van der Waals surface area (Å²) in [4.78, 5) is 11.6. The van der Waals surface area contributed by atoms with Crippen molar-refractivity contribution >= 4 is 24.2 Å². The van der Waals surface area contributed by atoms with Crippen LogP contribution in [0.4, 0.5) is 0 Å². The molecule has 0 bridgehead atoms. The molecule has 0 heterocycles. The largest absolute Gasteiger partial charge is 0.508 e. The van der Waals surface area contributed by atoms with E-state index in [4.69, 9.17) is 14.6 Å². The molecule has 0 atom stereocenters. The van der Waals surface area contributed by atoms with E-state index in [0.29, 0.717) is 11.3 Å². The Morgan fingerprint density at radius 1 is 0.737 bits per heavy atom. The Balaban J connectivity index is 0.000000294. The van der Waals surface area contributed by atoms with Gasteiger partial charge in [0.15, 0.2) is 0 Å². The number of benzene rings is 3. The minimum Gasteiger partial charge on any atom is -0.508 e. The van der Waals surface area contributed by atoms with Crippen molar-refractivity contribution in [2.75, 3.05) is 0 Å². The number of phenolic OH excluding ortho intramolecular Hbond substituents is 1. The van der Waals surface area contributed by atoms with Crippen molar-refractivity contribution < 1.29 is 19.4 Å². The SMILES string of the molecule is C=Cc1ccc(C(=O)OC(C)(C)C)cc1.C=Cc1ccc(O)cc1.C=Cc1ccc(OC(C)(C)CC)cc1. The fourth-order valence-electron chi connectivity index (χ4n) is 2.77. The van der Waals surface area contributed by atoms with Gasteiger partial charge in [-0.2, -0.15) is 0 Å². The van der Waals surface area contributed by atoms with Gasteiger partial charge in [-0.05, 0) is 94.1 Å². The van der Waals surface area contributed by atoms with E-state index in [0.717, 1.165) is 28.9 Å². The Morgan fingerprint density at radius 2 is 1.13 bits per heavy atom. The number of hydrogen-bond donors (Lipinski definition) is 1. The summed E-state index contributed by atoms with van der Waals surface area (Å²) in [7, 11) is 0. The van der Waals surface area contributed by atoms with Crippen LogP contribution in [0, 0.1) is 0 Å². The maximum absolute atomic E-state index is 11.6. The molecule has 3 aromatic rings. The predicted octanol–water partition coefficient (Wildman–Crippen LogP) is 9.22. The minimum absolute atomic E-state index is 0.0876. The highest BCUT2D eigenvalue weighted by molar-refractivity contribution is 5.89. The Morgan fingerprint density at radius 3 is 1.50 bits per heavy atom. The molecule has 3 rings (SSSR count). The van der Waals surface area contributed by atoms with E-state index in [1.165, 1.54) is 0 Å². The molecule has 4 nitrogen and oxygen atoms in total. The fraction of sp³-hybridized carbons (Fsp3) is 0.265. The monoisotopic (exact) mass is 514 g/mol. The fourth-order valence-corrected chi connectivity index (χ4v) is 2.77. The van der Waals surface area contributed by atoms with Crippen LogP contribution in [0.2, 0.25) is 0 Å². The van der Waals surface area contributed by atoms with Crippen molar-refractivity contribution in [1.82, 2.24) is 0 Å². The molecule has 38 heavy (non-hydrogen) atoms. The van der Waals surface area contributed by atoms with Crippen LogP contribution in [0.1, 0.15) is 75.0 Å².